The van der Waals surface area contributed by atoms with Crippen LogP contribution in [-0.4, -0.2) is 35.4 Å². The van der Waals surface area contributed by atoms with Gasteiger partial charge < -0.3 is 11.1 Å². The smallest absolute Gasteiger partial charge is 0.257 e. The number of amides is 1. The average molecular weight is 439 g/mol. The van der Waals surface area contributed by atoms with Gasteiger partial charge in [-0.1, -0.05) is 26.0 Å². The largest absolute Gasteiger partial charge is 0.384 e. The molecule has 0 radical (unpaired) electrons. The summed E-state index contributed by atoms with van der Waals surface area (Å²) in [5.41, 5.74) is 9.22. The molecule has 4 rings (SSSR count). The van der Waals surface area contributed by atoms with Crippen molar-refractivity contribution in [2.75, 3.05) is 12.3 Å². The summed E-state index contributed by atoms with van der Waals surface area (Å²) >= 11 is 0. The maximum absolute atomic E-state index is 13.0. The lowest BCUT2D eigenvalue weighted by atomic mass is 10.2. The van der Waals surface area contributed by atoms with Crippen molar-refractivity contribution in [2.24, 2.45) is 11.1 Å². The first kappa shape index (κ1) is 20.8. The number of carbonyl (C=O) groups excluding carboxylic acids is 1. The van der Waals surface area contributed by atoms with E-state index in [1.54, 1.807) is 16.7 Å². The minimum Gasteiger partial charge on any atom is -0.384 e. The van der Waals surface area contributed by atoms with Gasteiger partial charge in [0.2, 0.25) is 10.0 Å². The van der Waals surface area contributed by atoms with Gasteiger partial charge in [0.15, 0.2) is 5.65 Å². The van der Waals surface area contributed by atoms with Crippen LogP contribution in [-0.2, 0) is 10.0 Å². The van der Waals surface area contributed by atoms with E-state index in [9.17, 15) is 13.2 Å². The number of primary sulfonamides is 1. The molecule has 0 aliphatic heterocycles. The topological polar surface area (TPSA) is 146 Å². The number of nitrogens with two attached hydrogens (primary N) is 2. The molecule has 0 unspecified atom stereocenters. The van der Waals surface area contributed by atoms with Gasteiger partial charge in [0, 0.05) is 12.2 Å². The predicted octanol–water partition coefficient (Wildman–Crippen LogP) is 2.19. The third-order valence-corrected chi connectivity index (χ3v) is 5.75. The Labute approximate surface area is 179 Å². The Balaban J connectivity index is 1.97. The first-order chi connectivity index (χ1) is 14.7. The second-order valence-electron chi connectivity index (χ2n) is 7.62. The molecule has 0 aliphatic carbocycles. The third-order valence-electron chi connectivity index (χ3n) is 4.82. The summed E-state index contributed by atoms with van der Waals surface area (Å²) in [5.74, 6) is 0.0757. The number of benzene rings is 2. The summed E-state index contributed by atoms with van der Waals surface area (Å²) in [6.07, 6.45) is 0. The number of nitrogens with zero attached hydrogens (tertiary/aromatic N) is 3. The molecular weight excluding hydrogens is 416 g/mol. The number of sulfonamides is 1. The van der Waals surface area contributed by atoms with Gasteiger partial charge in [0.1, 0.15) is 16.9 Å². The number of rotatable bonds is 5. The summed E-state index contributed by atoms with van der Waals surface area (Å²) < 4.78 is 24.8. The Bertz CT molecular complexity index is 1410. The van der Waals surface area contributed by atoms with E-state index in [4.69, 9.17) is 10.9 Å². The van der Waals surface area contributed by atoms with Gasteiger partial charge in [-0.3, -0.25) is 9.36 Å². The fourth-order valence-corrected chi connectivity index (χ4v) is 3.83. The lowest BCUT2D eigenvalue weighted by molar-refractivity contribution is 0.0951. The van der Waals surface area contributed by atoms with Crippen LogP contribution < -0.4 is 16.2 Å². The van der Waals surface area contributed by atoms with Crippen molar-refractivity contribution in [1.82, 2.24) is 19.9 Å². The molecule has 2 aromatic carbocycles. The van der Waals surface area contributed by atoms with Gasteiger partial charge >= 0.3 is 0 Å². The summed E-state index contributed by atoms with van der Waals surface area (Å²) in [4.78, 5) is 22.3. The molecule has 9 nitrogen and oxygen atoms in total. The zero-order valence-corrected chi connectivity index (χ0v) is 17.8. The number of aromatic nitrogens is 3. The molecule has 0 atom stereocenters. The highest BCUT2D eigenvalue weighted by molar-refractivity contribution is 7.89. The molecule has 2 aromatic heterocycles. The van der Waals surface area contributed by atoms with Gasteiger partial charge in [-0.25, -0.2) is 23.5 Å². The van der Waals surface area contributed by atoms with Gasteiger partial charge in [-0.2, -0.15) is 0 Å². The highest BCUT2D eigenvalue weighted by atomic mass is 32.2. The summed E-state index contributed by atoms with van der Waals surface area (Å²) in [6.45, 7) is 4.47. The zero-order valence-electron chi connectivity index (χ0n) is 17.0. The van der Waals surface area contributed by atoms with E-state index in [2.05, 4.69) is 15.3 Å². The summed E-state index contributed by atoms with van der Waals surface area (Å²) in [7, 11) is -3.84. The molecule has 4 aromatic rings. The molecular formula is C21H22N6O3S. The number of fused-ring (bicyclic) bond motifs is 2. The van der Waals surface area contributed by atoms with E-state index >= 15 is 0 Å². The highest BCUT2D eigenvalue weighted by Crippen LogP contribution is 2.31. The van der Waals surface area contributed by atoms with Crippen LogP contribution in [0, 0.1) is 5.92 Å². The van der Waals surface area contributed by atoms with Crippen molar-refractivity contribution in [1.29, 1.82) is 0 Å². The minimum atomic E-state index is -3.84. The SMILES string of the molecule is CC(C)CNC(=O)c1c(N)n(-c2ccc(S(N)(=O)=O)cc2)c2nc3ccccc3nc12. The highest BCUT2D eigenvalue weighted by Gasteiger charge is 2.25. The third kappa shape index (κ3) is 3.82. The predicted molar refractivity (Wildman–Crippen MR) is 119 cm³/mol. The van der Waals surface area contributed by atoms with E-state index in [0.29, 0.717) is 34.4 Å². The van der Waals surface area contributed by atoms with Gasteiger partial charge in [-0.15, -0.1) is 0 Å². The number of hydrogen-bond acceptors (Lipinski definition) is 6. The monoisotopic (exact) mass is 438 g/mol. The summed E-state index contributed by atoms with van der Waals surface area (Å²) in [5, 5.41) is 8.07. The van der Waals surface area contributed by atoms with Crippen molar-refractivity contribution in [2.45, 2.75) is 18.7 Å². The molecule has 10 heteroatoms. The van der Waals surface area contributed by atoms with Crippen LogP contribution >= 0.6 is 0 Å². The second kappa shape index (κ2) is 7.64. The molecule has 0 saturated carbocycles. The standard InChI is InChI=1S/C21H22N6O3S/c1-12(2)11-24-21(28)17-18-20(26-16-6-4-3-5-15(16)25-18)27(19(17)22)13-7-9-14(10-8-13)31(23,29)30/h3-10,12H,11,22H2,1-2H3,(H,24,28)(H2,23,29,30). The number of para-hydroxylation sites is 2. The molecule has 0 fully saturated rings. The lowest BCUT2D eigenvalue weighted by Crippen LogP contribution is -2.28. The van der Waals surface area contributed by atoms with Crippen LogP contribution in [0.4, 0.5) is 5.82 Å². The first-order valence-electron chi connectivity index (χ1n) is 9.65. The quantitative estimate of drug-likeness (QED) is 0.435. The molecule has 31 heavy (non-hydrogen) atoms. The van der Waals surface area contributed by atoms with E-state index < -0.39 is 10.0 Å². The zero-order chi connectivity index (χ0) is 22.3. The van der Waals surface area contributed by atoms with Crippen molar-refractivity contribution >= 4 is 43.9 Å². The minimum absolute atomic E-state index is 0.0299. The maximum Gasteiger partial charge on any atom is 0.257 e. The molecule has 0 bridgehead atoms. The van der Waals surface area contributed by atoms with E-state index in [0.717, 1.165) is 0 Å². The number of hydrogen-bond donors (Lipinski definition) is 3. The normalized spacial score (nSPS) is 12.0. The summed E-state index contributed by atoms with van der Waals surface area (Å²) in [6, 6.07) is 13.2. The maximum atomic E-state index is 13.0. The van der Waals surface area contributed by atoms with Gasteiger partial charge in [-0.05, 0) is 42.3 Å². The average Bonchev–Trinajstić information content (AvgIpc) is 3.00. The number of nitrogens with one attached hydrogen (secondary N) is 1. The van der Waals surface area contributed by atoms with E-state index in [1.807, 2.05) is 38.1 Å². The van der Waals surface area contributed by atoms with Crippen molar-refractivity contribution < 1.29 is 13.2 Å². The molecule has 0 spiro atoms. The fraction of sp³-hybridized carbons (Fsp3) is 0.190. The van der Waals surface area contributed by atoms with Crippen molar-refractivity contribution in [3.8, 4) is 5.69 Å². The lowest BCUT2D eigenvalue weighted by Gasteiger charge is -2.09. The van der Waals surface area contributed by atoms with Crippen molar-refractivity contribution in [3.05, 3.63) is 54.1 Å². The Kier molecular flexibility index (Phi) is 5.11. The first-order valence-corrected chi connectivity index (χ1v) is 11.2. The van der Waals surface area contributed by atoms with Crippen LogP contribution in [0.5, 0.6) is 0 Å². The molecule has 2 heterocycles. The van der Waals surface area contributed by atoms with Crippen LogP contribution in [0.2, 0.25) is 0 Å². The molecule has 0 aliphatic rings. The number of anilines is 1. The Hall–Kier alpha value is -3.50. The fourth-order valence-electron chi connectivity index (χ4n) is 3.32. The van der Waals surface area contributed by atoms with Crippen LogP contribution in [0.1, 0.15) is 24.2 Å². The molecule has 5 N–H and O–H groups in total. The van der Waals surface area contributed by atoms with Gasteiger partial charge in [0.05, 0.1) is 15.9 Å². The van der Waals surface area contributed by atoms with E-state index in [1.165, 1.54) is 12.1 Å². The van der Waals surface area contributed by atoms with Crippen LogP contribution in [0.15, 0.2) is 53.4 Å². The van der Waals surface area contributed by atoms with Crippen molar-refractivity contribution in [3.63, 3.8) is 0 Å². The van der Waals surface area contributed by atoms with Crippen LogP contribution in [0.25, 0.3) is 27.9 Å². The second-order valence-corrected chi connectivity index (χ2v) is 9.18. The number of nitrogen functional groups attached to an aromatic ring is 1. The Morgan fingerprint density at radius 3 is 2.26 bits per heavy atom. The van der Waals surface area contributed by atoms with Crippen LogP contribution in [0.3, 0.4) is 0 Å². The van der Waals surface area contributed by atoms with Gasteiger partial charge in [0.25, 0.3) is 5.91 Å². The Morgan fingerprint density at radius 2 is 1.68 bits per heavy atom. The van der Waals surface area contributed by atoms with E-state index in [-0.39, 0.29) is 28.1 Å². The molecule has 160 valence electrons. The molecule has 0 saturated heterocycles. The molecule has 1 amide bonds. The number of carbonyl (C=O) groups is 1. The Morgan fingerprint density at radius 1 is 1.06 bits per heavy atom.